The van der Waals surface area contributed by atoms with Gasteiger partial charge in [-0.2, -0.15) is 4.98 Å². The van der Waals surface area contributed by atoms with E-state index >= 15 is 0 Å². The summed E-state index contributed by atoms with van der Waals surface area (Å²) < 4.78 is 8.58. The second-order valence-electron chi connectivity index (χ2n) is 6.65. The average Bonchev–Trinajstić information content (AvgIpc) is 2.73. The normalized spacial score (nSPS) is 10.8. The third-order valence-corrected chi connectivity index (χ3v) is 4.79. The van der Waals surface area contributed by atoms with Crippen LogP contribution in [0.1, 0.15) is 5.56 Å². The minimum atomic E-state index is -0.452. The van der Waals surface area contributed by atoms with Gasteiger partial charge in [0.15, 0.2) is 0 Å². The first-order valence-electron chi connectivity index (χ1n) is 9.12. The Labute approximate surface area is 166 Å². The molecule has 0 radical (unpaired) electrons. The minimum Gasteiger partial charge on any atom is -0.490 e. The van der Waals surface area contributed by atoms with E-state index in [1.54, 1.807) is 23.9 Å². The summed E-state index contributed by atoms with van der Waals surface area (Å²) in [6.07, 6.45) is 1.64. The number of rotatable bonds is 5. The number of anilines is 2. The quantitative estimate of drug-likeness (QED) is 0.569. The van der Waals surface area contributed by atoms with Crippen LogP contribution in [0.25, 0.3) is 10.9 Å². The Morgan fingerprint density at radius 3 is 2.55 bits per heavy atom. The molecule has 0 saturated heterocycles. The highest BCUT2D eigenvalue weighted by Crippen LogP contribution is 2.25. The van der Waals surface area contributed by atoms with Crippen molar-refractivity contribution in [2.75, 3.05) is 12.4 Å². The first kappa shape index (κ1) is 18.5. The van der Waals surface area contributed by atoms with Crippen LogP contribution in [0.2, 0.25) is 0 Å². The number of methoxy groups -OCH3 is 1. The molecule has 2 aromatic heterocycles. The van der Waals surface area contributed by atoms with E-state index in [9.17, 15) is 9.59 Å². The molecular weight excluding hydrogens is 368 g/mol. The van der Waals surface area contributed by atoms with Crippen LogP contribution in [0, 0.1) is 0 Å². The van der Waals surface area contributed by atoms with Gasteiger partial charge in [-0.15, -0.1) is 0 Å². The Morgan fingerprint density at radius 1 is 1.00 bits per heavy atom. The van der Waals surface area contributed by atoms with Crippen molar-refractivity contribution >= 4 is 22.5 Å². The van der Waals surface area contributed by atoms with Gasteiger partial charge in [0.1, 0.15) is 0 Å². The van der Waals surface area contributed by atoms with Crippen LogP contribution >= 0.6 is 0 Å². The zero-order valence-electron chi connectivity index (χ0n) is 16.1. The SMILES string of the molecule is COc1cn(Cc2ccccc2)c(Nc2cccc3c2ccc(=O)n3C)nc1=O. The Morgan fingerprint density at radius 2 is 1.79 bits per heavy atom. The highest BCUT2D eigenvalue weighted by atomic mass is 16.5. The van der Waals surface area contributed by atoms with Crippen LogP contribution < -0.4 is 21.2 Å². The number of nitrogens with zero attached hydrogens (tertiary/aromatic N) is 3. The lowest BCUT2D eigenvalue weighted by Gasteiger charge is -2.16. The first-order chi connectivity index (χ1) is 14.1. The van der Waals surface area contributed by atoms with Gasteiger partial charge in [-0.1, -0.05) is 36.4 Å². The van der Waals surface area contributed by atoms with Gasteiger partial charge >= 0.3 is 5.56 Å². The zero-order chi connectivity index (χ0) is 20.4. The molecule has 7 heteroatoms. The van der Waals surface area contributed by atoms with Crippen molar-refractivity contribution in [1.29, 1.82) is 0 Å². The molecule has 0 unspecified atom stereocenters. The standard InChI is InChI=1S/C22H20N4O3/c1-25-18-10-6-9-17(16(18)11-12-20(25)27)23-22-24-21(28)19(29-2)14-26(22)13-15-7-4-3-5-8-15/h3-12,14H,13H2,1-2H3,(H,23,24,28). The summed E-state index contributed by atoms with van der Waals surface area (Å²) in [6.45, 7) is 0.510. The summed E-state index contributed by atoms with van der Waals surface area (Å²) in [7, 11) is 3.18. The number of aryl methyl sites for hydroxylation is 1. The lowest BCUT2D eigenvalue weighted by atomic mass is 10.1. The molecule has 0 bridgehead atoms. The van der Waals surface area contributed by atoms with E-state index < -0.39 is 5.56 Å². The highest BCUT2D eigenvalue weighted by Gasteiger charge is 2.12. The van der Waals surface area contributed by atoms with E-state index in [1.165, 1.54) is 13.2 Å². The second kappa shape index (κ2) is 7.63. The summed E-state index contributed by atoms with van der Waals surface area (Å²) in [5, 5.41) is 4.11. The van der Waals surface area contributed by atoms with Crippen LogP contribution in [-0.2, 0) is 13.6 Å². The van der Waals surface area contributed by atoms with Crippen LogP contribution in [-0.4, -0.2) is 21.2 Å². The van der Waals surface area contributed by atoms with Crippen LogP contribution in [0.3, 0.4) is 0 Å². The molecular formula is C22H20N4O3. The van der Waals surface area contributed by atoms with Crippen LogP contribution in [0.15, 0.2) is 76.4 Å². The average molecular weight is 388 g/mol. The molecule has 0 atom stereocenters. The fraction of sp³-hybridized carbons (Fsp3) is 0.136. The minimum absolute atomic E-state index is 0.0850. The van der Waals surface area contributed by atoms with Crippen molar-refractivity contribution in [1.82, 2.24) is 14.1 Å². The van der Waals surface area contributed by atoms with E-state index in [4.69, 9.17) is 4.74 Å². The van der Waals surface area contributed by atoms with Gasteiger partial charge in [-0.05, 0) is 23.8 Å². The summed E-state index contributed by atoms with van der Waals surface area (Å²) in [6, 6.07) is 18.8. The maximum Gasteiger partial charge on any atom is 0.316 e. The lowest BCUT2D eigenvalue weighted by Crippen LogP contribution is -2.19. The van der Waals surface area contributed by atoms with E-state index in [2.05, 4.69) is 10.3 Å². The van der Waals surface area contributed by atoms with Gasteiger partial charge in [-0.25, -0.2) is 0 Å². The van der Waals surface area contributed by atoms with Gasteiger partial charge in [0.05, 0.1) is 31.1 Å². The second-order valence-corrected chi connectivity index (χ2v) is 6.65. The fourth-order valence-corrected chi connectivity index (χ4v) is 3.25. The molecule has 7 nitrogen and oxygen atoms in total. The molecule has 0 aliphatic carbocycles. The number of hydrogen-bond acceptors (Lipinski definition) is 5. The first-order valence-corrected chi connectivity index (χ1v) is 9.12. The largest absolute Gasteiger partial charge is 0.490 e. The van der Waals surface area contributed by atoms with Gasteiger partial charge in [0, 0.05) is 18.5 Å². The Kier molecular flexibility index (Phi) is 4.87. The fourth-order valence-electron chi connectivity index (χ4n) is 3.25. The van der Waals surface area contributed by atoms with Crippen LogP contribution in [0.4, 0.5) is 11.6 Å². The van der Waals surface area contributed by atoms with Crippen molar-refractivity contribution in [3.05, 3.63) is 93.1 Å². The van der Waals surface area contributed by atoms with Crippen molar-refractivity contribution in [3.63, 3.8) is 0 Å². The molecule has 4 rings (SSSR count). The highest BCUT2D eigenvalue weighted by molar-refractivity contribution is 5.92. The van der Waals surface area contributed by atoms with Gasteiger partial charge < -0.3 is 19.2 Å². The molecule has 0 aliphatic rings. The molecule has 29 heavy (non-hydrogen) atoms. The lowest BCUT2D eigenvalue weighted by molar-refractivity contribution is 0.402. The molecule has 2 aromatic carbocycles. The third-order valence-electron chi connectivity index (χ3n) is 4.79. The van der Waals surface area contributed by atoms with E-state index in [0.29, 0.717) is 12.5 Å². The van der Waals surface area contributed by atoms with E-state index in [0.717, 1.165) is 22.2 Å². The maximum atomic E-state index is 12.3. The number of fused-ring (bicyclic) bond motifs is 1. The molecule has 146 valence electrons. The Bertz CT molecular complexity index is 1290. The van der Waals surface area contributed by atoms with Gasteiger partial charge in [0.2, 0.25) is 11.7 Å². The third kappa shape index (κ3) is 3.62. The van der Waals surface area contributed by atoms with Crippen molar-refractivity contribution in [3.8, 4) is 5.75 Å². The van der Waals surface area contributed by atoms with Gasteiger partial charge in [-0.3, -0.25) is 9.59 Å². The summed E-state index contributed by atoms with van der Waals surface area (Å²) in [5.41, 5.74) is 2.05. The molecule has 0 aliphatic heterocycles. The van der Waals surface area contributed by atoms with Crippen molar-refractivity contribution < 1.29 is 4.74 Å². The molecule has 0 saturated carbocycles. The molecule has 0 fully saturated rings. The zero-order valence-corrected chi connectivity index (χ0v) is 16.1. The van der Waals surface area contributed by atoms with Gasteiger partial charge in [0.25, 0.3) is 5.56 Å². The number of ether oxygens (including phenoxy) is 1. The smallest absolute Gasteiger partial charge is 0.316 e. The predicted molar refractivity (Wildman–Crippen MR) is 113 cm³/mol. The molecule has 2 heterocycles. The van der Waals surface area contributed by atoms with E-state index in [-0.39, 0.29) is 11.3 Å². The summed E-state index contributed by atoms with van der Waals surface area (Å²) in [4.78, 5) is 28.4. The topological polar surface area (TPSA) is 78.2 Å². The maximum absolute atomic E-state index is 12.3. The number of pyridine rings is 1. The molecule has 0 spiro atoms. The number of aromatic nitrogens is 3. The monoisotopic (exact) mass is 388 g/mol. The Balaban J connectivity index is 1.82. The number of benzene rings is 2. The number of hydrogen-bond donors (Lipinski definition) is 1. The van der Waals surface area contributed by atoms with E-state index in [1.807, 2.05) is 53.1 Å². The summed E-state index contributed by atoms with van der Waals surface area (Å²) in [5.74, 6) is 0.563. The predicted octanol–water partition coefficient (Wildman–Crippen LogP) is 2.90. The van der Waals surface area contributed by atoms with Crippen molar-refractivity contribution in [2.24, 2.45) is 7.05 Å². The molecule has 0 amide bonds. The molecule has 4 aromatic rings. The Hall–Kier alpha value is -3.87. The molecule has 1 N–H and O–H groups in total. The van der Waals surface area contributed by atoms with Crippen LogP contribution in [0.5, 0.6) is 5.75 Å². The number of nitrogens with one attached hydrogen (secondary N) is 1. The summed E-state index contributed by atoms with van der Waals surface area (Å²) >= 11 is 0. The van der Waals surface area contributed by atoms with Crippen molar-refractivity contribution in [2.45, 2.75) is 6.54 Å².